The lowest BCUT2D eigenvalue weighted by Gasteiger charge is -2.27. The first-order chi connectivity index (χ1) is 10.6. The zero-order valence-electron chi connectivity index (χ0n) is 13.7. The normalized spacial score (nSPS) is 12.8. The summed E-state index contributed by atoms with van der Waals surface area (Å²) in [6, 6.07) is 20.7. The van der Waals surface area contributed by atoms with Crippen molar-refractivity contribution in [3.05, 3.63) is 71.8 Å². The van der Waals surface area contributed by atoms with Crippen molar-refractivity contribution in [1.29, 1.82) is 0 Å². The highest BCUT2D eigenvalue weighted by atomic mass is 16.3. The Bertz CT molecular complexity index is 524. The van der Waals surface area contributed by atoms with Gasteiger partial charge in [0.05, 0.1) is 6.10 Å². The maximum Gasteiger partial charge on any atom is 0.0707 e. The summed E-state index contributed by atoms with van der Waals surface area (Å²) in [6.45, 7) is 7.05. The highest BCUT2D eigenvalue weighted by Gasteiger charge is 2.14. The third kappa shape index (κ3) is 6.00. The van der Waals surface area contributed by atoms with Crippen LogP contribution in [0.4, 0.5) is 0 Å². The number of hydrogen-bond acceptors (Lipinski definition) is 2. The number of nitrogens with zero attached hydrogens (tertiary/aromatic N) is 1. The minimum atomic E-state index is -0.329. The van der Waals surface area contributed by atoms with Gasteiger partial charge in [0, 0.05) is 19.6 Å². The van der Waals surface area contributed by atoms with E-state index in [1.54, 1.807) is 0 Å². The molecular weight excluding hydrogens is 270 g/mol. The van der Waals surface area contributed by atoms with E-state index in [9.17, 15) is 5.11 Å². The second-order valence-electron chi connectivity index (χ2n) is 6.42. The van der Waals surface area contributed by atoms with Crippen LogP contribution in [0.3, 0.4) is 0 Å². The quantitative estimate of drug-likeness (QED) is 0.802. The number of hydrogen-bond donors (Lipinski definition) is 1. The largest absolute Gasteiger partial charge is 0.391 e. The molecule has 0 saturated carbocycles. The summed E-state index contributed by atoms with van der Waals surface area (Å²) in [6.07, 6.45) is 0.384. The molecule has 0 amide bonds. The van der Waals surface area contributed by atoms with E-state index < -0.39 is 0 Å². The van der Waals surface area contributed by atoms with E-state index in [4.69, 9.17) is 0 Å². The summed E-state index contributed by atoms with van der Waals surface area (Å²) >= 11 is 0. The summed E-state index contributed by atoms with van der Waals surface area (Å²) in [5.74, 6) is 0.590. The first kappa shape index (κ1) is 16.7. The van der Waals surface area contributed by atoms with Crippen molar-refractivity contribution in [3.63, 3.8) is 0 Å². The summed E-state index contributed by atoms with van der Waals surface area (Å²) in [5.41, 5.74) is 2.49. The van der Waals surface area contributed by atoms with Gasteiger partial charge in [-0.3, -0.25) is 4.90 Å². The van der Waals surface area contributed by atoms with Crippen LogP contribution in [0.2, 0.25) is 0 Å². The van der Waals surface area contributed by atoms with Gasteiger partial charge >= 0.3 is 0 Å². The van der Waals surface area contributed by atoms with E-state index in [0.29, 0.717) is 18.9 Å². The Balaban J connectivity index is 1.93. The Kier molecular flexibility index (Phi) is 6.63. The minimum absolute atomic E-state index is 0.329. The molecule has 0 radical (unpaired) electrons. The van der Waals surface area contributed by atoms with Crippen molar-refractivity contribution in [1.82, 2.24) is 4.90 Å². The number of rotatable bonds is 8. The second kappa shape index (κ2) is 8.72. The van der Waals surface area contributed by atoms with E-state index in [2.05, 4.69) is 55.1 Å². The minimum Gasteiger partial charge on any atom is -0.391 e. The average molecular weight is 297 g/mol. The van der Waals surface area contributed by atoms with Crippen LogP contribution in [0.1, 0.15) is 25.0 Å². The summed E-state index contributed by atoms with van der Waals surface area (Å²) < 4.78 is 0. The van der Waals surface area contributed by atoms with Gasteiger partial charge in [0.15, 0.2) is 0 Å². The van der Waals surface area contributed by atoms with Gasteiger partial charge < -0.3 is 5.11 Å². The highest BCUT2D eigenvalue weighted by molar-refractivity contribution is 5.16. The van der Waals surface area contributed by atoms with Gasteiger partial charge in [-0.25, -0.2) is 0 Å². The molecule has 0 aliphatic carbocycles. The lowest BCUT2D eigenvalue weighted by atomic mass is 10.1. The zero-order valence-corrected chi connectivity index (χ0v) is 13.7. The fourth-order valence-corrected chi connectivity index (χ4v) is 2.81. The zero-order chi connectivity index (χ0) is 15.8. The molecule has 0 spiro atoms. The maximum atomic E-state index is 10.4. The number of aliphatic hydroxyl groups is 1. The monoisotopic (exact) mass is 297 g/mol. The Morgan fingerprint density at radius 1 is 0.818 bits per heavy atom. The molecule has 0 fully saturated rings. The molecule has 2 heteroatoms. The molecule has 2 nitrogen and oxygen atoms in total. The van der Waals surface area contributed by atoms with Crippen LogP contribution in [-0.2, 0) is 13.0 Å². The molecule has 1 atom stereocenters. The first-order valence-electron chi connectivity index (χ1n) is 8.11. The predicted molar refractivity (Wildman–Crippen MR) is 92.7 cm³/mol. The molecule has 0 bridgehead atoms. The summed E-state index contributed by atoms with van der Waals surface area (Å²) in [7, 11) is 0. The third-order valence-electron chi connectivity index (χ3n) is 3.66. The van der Waals surface area contributed by atoms with Gasteiger partial charge in [-0.2, -0.15) is 0 Å². The SMILES string of the molecule is CC(C)CN(Cc1ccccc1)CC(O)Cc1ccccc1. The molecule has 0 aliphatic rings. The molecule has 0 aromatic heterocycles. The van der Waals surface area contributed by atoms with Crippen molar-refractivity contribution >= 4 is 0 Å². The molecule has 22 heavy (non-hydrogen) atoms. The molecule has 0 saturated heterocycles. The standard InChI is InChI=1S/C20H27NO/c1-17(2)14-21(15-19-11-7-4-8-12-19)16-20(22)13-18-9-5-3-6-10-18/h3-12,17,20,22H,13-16H2,1-2H3. The Hall–Kier alpha value is -1.64. The molecule has 1 unspecified atom stereocenters. The van der Waals surface area contributed by atoms with Gasteiger partial charge in [-0.05, 0) is 23.5 Å². The van der Waals surface area contributed by atoms with Crippen molar-refractivity contribution < 1.29 is 5.11 Å². The van der Waals surface area contributed by atoms with Gasteiger partial charge in [0.25, 0.3) is 0 Å². The third-order valence-corrected chi connectivity index (χ3v) is 3.66. The molecule has 2 aromatic rings. The van der Waals surface area contributed by atoms with Gasteiger partial charge in [0.1, 0.15) is 0 Å². The lowest BCUT2D eigenvalue weighted by Crippen LogP contribution is -2.35. The van der Waals surface area contributed by atoms with Crippen molar-refractivity contribution in [2.75, 3.05) is 13.1 Å². The molecular formula is C20H27NO. The van der Waals surface area contributed by atoms with Crippen LogP contribution in [-0.4, -0.2) is 29.2 Å². The van der Waals surface area contributed by atoms with Crippen LogP contribution in [0.15, 0.2) is 60.7 Å². The smallest absolute Gasteiger partial charge is 0.0707 e. The lowest BCUT2D eigenvalue weighted by molar-refractivity contribution is 0.102. The van der Waals surface area contributed by atoms with E-state index in [-0.39, 0.29) is 6.10 Å². The Labute approximate surface area is 134 Å². The Morgan fingerprint density at radius 3 is 1.91 bits per heavy atom. The van der Waals surface area contributed by atoms with Gasteiger partial charge in [-0.1, -0.05) is 74.5 Å². The van der Waals surface area contributed by atoms with E-state index in [1.165, 1.54) is 11.1 Å². The van der Waals surface area contributed by atoms with Gasteiger partial charge in [0.2, 0.25) is 0 Å². The molecule has 2 aromatic carbocycles. The summed E-state index contributed by atoms with van der Waals surface area (Å²) in [4.78, 5) is 2.35. The van der Waals surface area contributed by atoms with Crippen LogP contribution < -0.4 is 0 Å². The Morgan fingerprint density at radius 2 is 1.36 bits per heavy atom. The fourth-order valence-electron chi connectivity index (χ4n) is 2.81. The molecule has 118 valence electrons. The van der Waals surface area contributed by atoms with Crippen molar-refractivity contribution in [2.45, 2.75) is 32.9 Å². The molecule has 2 rings (SSSR count). The maximum absolute atomic E-state index is 10.4. The van der Waals surface area contributed by atoms with Gasteiger partial charge in [-0.15, -0.1) is 0 Å². The topological polar surface area (TPSA) is 23.5 Å². The second-order valence-corrected chi connectivity index (χ2v) is 6.42. The highest BCUT2D eigenvalue weighted by Crippen LogP contribution is 2.10. The van der Waals surface area contributed by atoms with Crippen LogP contribution >= 0.6 is 0 Å². The van der Waals surface area contributed by atoms with Crippen LogP contribution in [0, 0.1) is 5.92 Å². The molecule has 0 heterocycles. The van der Waals surface area contributed by atoms with Crippen LogP contribution in [0.25, 0.3) is 0 Å². The fraction of sp³-hybridized carbons (Fsp3) is 0.400. The van der Waals surface area contributed by atoms with E-state index >= 15 is 0 Å². The predicted octanol–water partition coefficient (Wildman–Crippen LogP) is 3.75. The van der Waals surface area contributed by atoms with E-state index in [1.807, 2.05) is 24.3 Å². The first-order valence-corrected chi connectivity index (χ1v) is 8.11. The van der Waals surface area contributed by atoms with Crippen LogP contribution in [0.5, 0.6) is 0 Å². The molecule has 1 N–H and O–H groups in total. The number of benzene rings is 2. The number of aliphatic hydroxyl groups excluding tert-OH is 1. The average Bonchev–Trinajstić information content (AvgIpc) is 2.48. The van der Waals surface area contributed by atoms with E-state index in [0.717, 1.165) is 13.1 Å². The summed E-state index contributed by atoms with van der Waals surface area (Å²) in [5, 5.41) is 10.4. The van der Waals surface area contributed by atoms with Crippen molar-refractivity contribution in [3.8, 4) is 0 Å². The molecule has 0 aliphatic heterocycles. The van der Waals surface area contributed by atoms with Crippen molar-refractivity contribution in [2.24, 2.45) is 5.92 Å².